The Morgan fingerprint density at radius 1 is 1.38 bits per heavy atom. The van der Waals surface area contributed by atoms with Crippen LogP contribution < -0.4 is 5.32 Å². The Morgan fingerprint density at radius 2 is 1.94 bits per heavy atom. The number of nitrogens with zero attached hydrogens (tertiary/aromatic N) is 2. The molecule has 6 heteroatoms. The molecule has 0 unspecified atom stereocenters. The fourth-order valence-electron chi connectivity index (χ4n) is 2.47. The number of nitrogens with one attached hydrogen (secondary N) is 1. The highest BCUT2D eigenvalue weighted by molar-refractivity contribution is 5.66. The highest BCUT2D eigenvalue weighted by Gasteiger charge is 2.47. The average molecular weight is 233 g/mol. The average Bonchev–Trinajstić information content (AvgIpc) is 2.14. The van der Waals surface area contributed by atoms with Gasteiger partial charge < -0.3 is 4.90 Å². The Kier molecular flexibility index (Phi) is 3.12. The number of halogens is 2. The highest BCUT2D eigenvalue weighted by atomic mass is 19.2. The summed E-state index contributed by atoms with van der Waals surface area (Å²) in [4.78, 5) is 14.3. The number of amides is 1. The van der Waals surface area contributed by atoms with Gasteiger partial charge in [0.2, 0.25) is 5.79 Å². The van der Waals surface area contributed by atoms with Crippen LogP contribution in [-0.4, -0.2) is 61.0 Å². The Balaban J connectivity index is 1.77. The van der Waals surface area contributed by atoms with E-state index in [0.29, 0.717) is 6.04 Å². The van der Waals surface area contributed by atoms with Crippen molar-refractivity contribution in [2.45, 2.75) is 24.7 Å². The first-order valence-corrected chi connectivity index (χ1v) is 5.58. The van der Waals surface area contributed by atoms with Crippen molar-refractivity contribution in [1.82, 2.24) is 15.1 Å². The first kappa shape index (κ1) is 11.7. The largest absolute Gasteiger partial charge is 0.399 e. The summed E-state index contributed by atoms with van der Waals surface area (Å²) in [6.45, 7) is 2.24. The third kappa shape index (κ3) is 2.49. The fraction of sp³-hybridized carbons (Fsp3) is 0.900. The van der Waals surface area contributed by atoms with Gasteiger partial charge in [-0.3, -0.25) is 10.2 Å². The Labute approximate surface area is 93.6 Å². The molecule has 16 heavy (non-hydrogen) atoms. The molecule has 0 aromatic carbocycles. The van der Waals surface area contributed by atoms with Gasteiger partial charge in [0.25, 0.3) is 0 Å². The van der Waals surface area contributed by atoms with Crippen molar-refractivity contribution in [2.24, 2.45) is 0 Å². The molecular weight excluding hydrogens is 216 g/mol. The van der Waals surface area contributed by atoms with Gasteiger partial charge in [0.1, 0.15) is 0 Å². The lowest BCUT2D eigenvalue weighted by Gasteiger charge is -2.49. The molecule has 0 aromatic rings. The Bertz CT molecular complexity index is 273. The Morgan fingerprint density at radius 3 is 2.44 bits per heavy atom. The van der Waals surface area contributed by atoms with Crippen LogP contribution in [0.5, 0.6) is 0 Å². The van der Waals surface area contributed by atoms with Gasteiger partial charge in [-0.25, -0.2) is 9.18 Å². The molecule has 0 spiro atoms. The van der Waals surface area contributed by atoms with Crippen molar-refractivity contribution in [2.75, 3.05) is 33.2 Å². The smallest absolute Gasteiger partial charge is 0.306 e. The lowest BCUT2D eigenvalue weighted by molar-refractivity contribution is -0.0820. The molecule has 1 amide bonds. The summed E-state index contributed by atoms with van der Waals surface area (Å²) in [7, 11) is 2.06. The molecule has 4 nitrogen and oxygen atoms in total. The Hall–Kier alpha value is -0.750. The van der Waals surface area contributed by atoms with E-state index < -0.39 is 12.0 Å². The van der Waals surface area contributed by atoms with Crippen molar-refractivity contribution in [1.29, 1.82) is 0 Å². The monoisotopic (exact) mass is 233 g/mol. The van der Waals surface area contributed by atoms with Crippen molar-refractivity contribution < 1.29 is 13.6 Å². The number of hydrogen-bond donors (Lipinski definition) is 1. The van der Waals surface area contributed by atoms with E-state index >= 15 is 0 Å². The first-order valence-electron chi connectivity index (χ1n) is 5.58. The van der Waals surface area contributed by atoms with Gasteiger partial charge in [-0.05, 0) is 33.0 Å². The summed E-state index contributed by atoms with van der Waals surface area (Å²) in [6, 6.07) is 0.372. The van der Waals surface area contributed by atoms with E-state index in [9.17, 15) is 13.6 Å². The van der Waals surface area contributed by atoms with Crippen LogP contribution in [0.3, 0.4) is 0 Å². The molecule has 2 aliphatic rings. The van der Waals surface area contributed by atoms with E-state index in [1.165, 1.54) is 0 Å². The van der Waals surface area contributed by atoms with E-state index in [1.54, 1.807) is 5.32 Å². The molecule has 1 N–H and O–H groups in total. The predicted octanol–water partition coefficient (Wildman–Crippen LogP) is 0.741. The second-order valence-corrected chi connectivity index (χ2v) is 4.80. The number of piperidine rings is 1. The summed E-state index contributed by atoms with van der Waals surface area (Å²) in [5, 5.41) is 1.71. The molecule has 2 fully saturated rings. The van der Waals surface area contributed by atoms with Crippen molar-refractivity contribution in [3.63, 3.8) is 0 Å². The summed E-state index contributed by atoms with van der Waals surface area (Å²) in [5.74, 6) is -1.85. The second kappa shape index (κ2) is 4.25. The number of likely N-dealkylation sites (tertiary alicyclic amines) is 2. The van der Waals surface area contributed by atoms with Gasteiger partial charge >= 0.3 is 6.16 Å². The molecule has 2 heterocycles. The minimum Gasteiger partial charge on any atom is -0.306 e. The summed E-state index contributed by atoms with van der Waals surface area (Å²) in [6.07, 6.45) is 0.234. The quantitative estimate of drug-likeness (QED) is 0.564. The molecule has 0 bridgehead atoms. The van der Waals surface area contributed by atoms with Gasteiger partial charge in [-0.2, -0.15) is 0 Å². The van der Waals surface area contributed by atoms with Gasteiger partial charge in [-0.1, -0.05) is 0 Å². The normalized spacial score (nSPS) is 27.4. The van der Waals surface area contributed by atoms with Crippen LogP contribution in [0.25, 0.3) is 0 Å². The van der Waals surface area contributed by atoms with Gasteiger partial charge in [0, 0.05) is 6.04 Å². The first-order chi connectivity index (χ1) is 7.48. The van der Waals surface area contributed by atoms with E-state index in [-0.39, 0.29) is 13.1 Å². The van der Waals surface area contributed by atoms with Crippen LogP contribution in [0, 0.1) is 0 Å². The summed E-state index contributed by atoms with van der Waals surface area (Å²) >= 11 is 0. The highest BCUT2D eigenvalue weighted by Crippen LogP contribution is 2.28. The molecule has 0 atom stereocenters. The molecule has 0 saturated carbocycles. The van der Waals surface area contributed by atoms with Crippen molar-refractivity contribution in [3.8, 4) is 0 Å². The van der Waals surface area contributed by atoms with Gasteiger partial charge in [0.05, 0.1) is 13.1 Å². The minimum absolute atomic E-state index is 0.108. The van der Waals surface area contributed by atoms with E-state index in [4.69, 9.17) is 0 Å². The van der Waals surface area contributed by atoms with Gasteiger partial charge in [-0.15, -0.1) is 4.39 Å². The van der Waals surface area contributed by atoms with Crippen LogP contribution in [0.1, 0.15) is 12.8 Å². The number of rotatable bonds is 2. The zero-order chi connectivity index (χ0) is 11.8. The van der Waals surface area contributed by atoms with E-state index in [2.05, 4.69) is 11.9 Å². The molecule has 2 rings (SSSR count). The maximum absolute atomic E-state index is 13.6. The molecule has 0 aromatic heterocycles. The van der Waals surface area contributed by atoms with Crippen LogP contribution in [0.15, 0.2) is 0 Å². The molecule has 0 aliphatic carbocycles. The second-order valence-electron chi connectivity index (χ2n) is 4.80. The van der Waals surface area contributed by atoms with Gasteiger partial charge in [0.15, 0.2) is 0 Å². The zero-order valence-electron chi connectivity index (χ0n) is 9.38. The zero-order valence-corrected chi connectivity index (χ0v) is 9.38. The van der Waals surface area contributed by atoms with E-state index in [1.807, 2.05) is 4.90 Å². The lowest BCUT2D eigenvalue weighted by Crippen LogP contribution is -2.69. The van der Waals surface area contributed by atoms with E-state index in [0.717, 1.165) is 25.9 Å². The third-order valence-corrected chi connectivity index (χ3v) is 3.43. The van der Waals surface area contributed by atoms with Crippen molar-refractivity contribution in [3.05, 3.63) is 0 Å². The van der Waals surface area contributed by atoms with Crippen LogP contribution in [0.4, 0.5) is 13.6 Å². The minimum atomic E-state index is -1.85. The SMILES string of the molecule is CN1CCC(N2CC(F)(NC(=O)F)C2)CC1. The lowest BCUT2D eigenvalue weighted by atomic mass is 9.96. The maximum atomic E-state index is 13.6. The number of alkyl halides is 1. The van der Waals surface area contributed by atoms with Crippen LogP contribution >= 0.6 is 0 Å². The number of carbonyl (C=O) groups excluding carboxylic acids is 1. The molecule has 0 radical (unpaired) electrons. The summed E-state index contributed by atoms with van der Waals surface area (Å²) < 4.78 is 25.6. The number of carbonyl (C=O) groups is 1. The molecule has 92 valence electrons. The predicted molar refractivity (Wildman–Crippen MR) is 55.6 cm³/mol. The molecule has 2 aliphatic heterocycles. The standard InChI is InChI=1S/C10H17F2N3O/c1-14-4-2-8(3-5-14)15-6-10(12,7-15)13-9(11)16/h8H,2-7H2,1H3,(H,13,16). The molecule has 2 saturated heterocycles. The van der Waals surface area contributed by atoms with Crippen LogP contribution in [0.2, 0.25) is 0 Å². The summed E-state index contributed by atoms with van der Waals surface area (Å²) in [5.41, 5.74) is 0. The van der Waals surface area contributed by atoms with Crippen molar-refractivity contribution >= 4 is 6.16 Å². The fourth-order valence-corrected chi connectivity index (χ4v) is 2.47. The molecular formula is C10H17F2N3O. The maximum Gasteiger partial charge on any atom is 0.399 e. The topological polar surface area (TPSA) is 35.6 Å². The number of hydrogen-bond acceptors (Lipinski definition) is 3. The van der Waals surface area contributed by atoms with Crippen LogP contribution in [-0.2, 0) is 0 Å². The third-order valence-electron chi connectivity index (χ3n) is 3.43.